The largest absolute Gasteiger partial charge is 0.492 e. The molecule has 3 heterocycles. The molecule has 2 aliphatic rings. The standard InChI is InChI=1S/C19H21ClN4O3/c20-14-4-1-3-13-15(8-10-27-18(13)14)21-19(26)23-16-5-2-6-17(22-16)24-9-7-12(25)11-24/h1-6,12,15,25H,7-11H2,(H2,21,22,23,26)/t12-,15+/m1/s1. The number of aliphatic hydroxyl groups excluding tert-OH is 1. The zero-order valence-electron chi connectivity index (χ0n) is 14.7. The number of hydrogen-bond donors (Lipinski definition) is 3. The number of aromatic nitrogens is 1. The third-order valence-corrected chi connectivity index (χ3v) is 5.09. The second kappa shape index (κ2) is 7.62. The van der Waals surface area contributed by atoms with Crippen molar-refractivity contribution in [1.29, 1.82) is 0 Å². The molecule has 27 heavy (non-hydrogen) atoms. The van der Waals surface area contributed by atoms with Crippen molar-refractivity contribution in [3.05, 3.63) is 47.0 Å². The van der Waals surface area contributed by atoms with Crippen molar-refractivity contribution in [3.8, 4) is 5.75 Å². The molecule has 8 heteroatoms. The summed E-state index contributed by atoms with van der Waals surface area (Å²) < 4.78 is 5.62. The Morgan fingerprint density at radius 2 is 2.11 bits per heavy atom. The number of urea groups is 1. The smallest absolute Gasteiger partial charge is 0.320 e. The fourth-order valence-corrected chi connectivity index (χ4v) is 3.70. The molecule has 0 bridgehead atoms. The van der Waals surface area contributed by atoms with Gasteiger partial charge in [-0.25, -0.2) is 9.78 Å². The van der Waals surface area contributed by atoms with Gasteiger partial charge in [-0.3, -0.25) is 5.32 Å². The number of benzene rings is 1. The molecule has 0 spiro atoms. The minimum atomic E-state index is -0.334. The van der Waals surface area contributed by atoms with Crippen molar-refractivity contribution >= 4 is 29.3 Å². The quantitative estimate of drug-likeness (QED) is 0.752. The minimum Gasteiger partial charge on any atom is -0.492 e. The third-order valence-electron chi connectivity index (χ3n) is 4.79. The third kappa shape index (κ3) is 3.94. The highest BCUT2D eigenvalue weighted by molar-refractivity contribution is 6.32. The second-order valence-electron chi connectivity index (χ2n) is 6.72. The summed E-state index contributed by atoms with van der Waals surface area (Å²) in [5.74, 6) is 1.83. The predicted octanol–water partition coefficient (Wildman–Crippen LogP) is 2.95. The van der Waals surface area contributed by atoms with Crippen molar-refractivity contribution in [1.82, 2.24) is 10.3 Å². The first kappa shape index (κ1) is 17.9. The van der Waals surface area contributed by atoms with E-state index in [1.807, 2.05) is 29.2 Å². The Morgan fingerprint density at radius 3 is 2.93 bits per heavy atom. The van der Waals surface area contributed by atoms with E-state index in [0.717, 1.165) is 24.3 Å². The molecule has 0 unspecified atom stereocenters. The number of hydrogen-bond acceptors (Lipinski definition) is 5. The van der Waals surface area contributed by atoms with Crippen LogP contribution in [0.3, 0.4) is 0 Å². The van der Waals surface area contributed by atoms with Crippen molar-refractivity contribution < 1.29 is 14.6 Å². The highest BCUT2D eigenvalue weighted by atomic mass is 35.5. The van der Waals surface area contributed by atoms with E-state index in [4.69, 9.17) is 16.3 Å². The van der Waals surface area contributed by atoms with Crippen LogP contribution in [-0.2, 0) is 0 Å². The number of amides is 2. The summed E-state index contributed by atoms with van der Waals surface area (Å²) in [6.45, 7) is 1.80. The summed E-state index contributed by atoms with van der Waals surface area (Å²) in [6, 6.07) is 10.5. The first-order valence-corrected chi connectivity index (χ1v) is 9.37. The van der Waals surface area contributed by atoms with Gasteiger partial charge in [-0.1, -0.05) is 29.8 Å². The fraction of sp³-hybridized carbons (Fsp3) is 0.368. The van der Waals surface area contributed by atoms with Gasteiger partial charge in [0.25, 0.3) is 0 Å². The summed E-state index contributed by atoms with van der Waals surface area (Å²) in [6.07, 6.45) is 1.07. The molecular weight excluding hydrogens is 368 g/mol. The first-order chi connectivity index (χ1) is 13.1. The van der Waals surface area contributed by atoms with Crippen LogP contribution in [0.5, 0.6) is 5.75 Å². The number of para-hydroxylation sites is 1. The zero-order chi connectivity index (χ0) is 18.8. The lowest BCUT2D eigenvalue weighted by Crippen LogP contribution is -2.35. The Balaban J connectivity index is 1.43. The number of carbonyl (C=O) groups excluding carboxylic acids is 1. The maximum absolute atomic E-state index is 12.5. The average molecular weight is 389 g/mol. The number of halogens is 1. The highest BCUT2D eigenvalue weighted by Crippen LogP contribution is 2.37. The lowest BCUT2D eigenvalue weighted by Gasteiger charge is -2.27. The van der Waals surface area contributed by atoms with Crippen LogP contribution in [0.1, 0.15) is 24.4 Å². The fourth-order valence-electron chi connectivity index (χ4n) is 3.47. The number of aliphatic hydroxyl groups is 1. The monoisotopic (exact) mass is 388 g/mol. The lowest BCUT2D eigenvalue weighted by molar-refractivity contribution is 0.198. The van der Waals surface area contributed by atoms with Gasteiger partial charge in [0.05, 0.1) is 23.8 Å². The number of anilines is 2. The number of rotatable bonds is 3. The van der Waals surface area contributed by atoms with Crippen LogP contribution in [-0.4, -0.2) is 41.9 Å². The van der Waals surface area contributed by atoms with E-state index in [9.17, 15) is 9.90 Å². The number of pyridine rings is 1. The van der Waals surface area contributed by atoms with E-state index < -0.39 is 0 Å². The number of nitrogens with zero attached hydrogens (tertiary/aromatic N) is 2. The Kier molecular flexibility index (Phi) is 5.05. The van der Waals surface area contributed by atoms with Gasteiger partial charge in [0, 0.05) is 25.1 Å². The van der Waals surface area contributed by atoms with Gasteiger partial charge in [0.2, 0.25) is 0 Å². The molecule has 0 aliphatic carbocycles. The molecule has 0 saturated carbocycles. The van der Waals surface area contributed by atoms with Crippen LogP contribution in [0.25, 0.3) is 0 Å². The number of β-amino-alcohol motifs (C(OH)–C–C–N with tert-alkyl or cyclic N) is 1. The molecule has 7 nitrogen and oxygen atoms in total. The SMILES string of the molecule is O=C(Nc1cccc(N2CC[C@@H](O)C2)n1)N[C@H]1CCOc2c(Cl)cccc21. The normalized spacial score (nSPS) is 21.3. The van der Waals surface area contributed by atoms with E-state index in [1.165, 1.54) is 0 Å². The molecule has 2 atom stereocenters. The average Bonchev–Trinajstić information content (AvgIpc) is 3.09. The summed E-state index contributed by atoms with van der Waals surface area (Å²) in [7, 11) is 0. The van der Waals surface area contributed by atoms with Crippen molar-refractivity contribution in [3.63, 3.8) is 0 Å². The number of fused-ring (bicyclic) bond motifs is 1. The van der Waals surface area contributed by atoms with E-state index in [2.05, 4.69) is 15.6 Å². The van der Waals surface area contributed by atoms with E-state index in [-0.39, 0.29) is 18.2 Å². The molecule has 0 radical (unpaired) electrons. The molecule has 4 rings (SSSR count). The molecule has 3 N–H and O–H groups in total. The number of carbonyl (C=O) groups is 1. The van der Waals surface area contributed by atoms with Gasteiger partial charge in [-0.15, -0.1) is 0 Å². The van der Waals surface area contributed by atoms with Gasteiger partial charge in [0.1, 0.15) is 17.4 Å². The molecule has 142 valence electrons. The summed E-state index contributed by atoms with van der Waals surface area (Å²) in [5.41, 5.74) is 0.872. The van der Waals surface area contributed by atoms with Crippen LogP contribution in [0.15, 0.2) is 36.4 Å². The van der Waals surface area contributed by atoms with E-state index in [0.29, 0.717) is 36.2 Å². The van der Waals surface area contributed by atoms with Crippen LogP contribution in [0.2, 0.25) is 5.02 Å². The number of ether oxygens (including phenoxy) is 1. The van der Waals surface area contributed by atoms with Gasteiger partial charge >= 0.3 is 6.03 Å². The van der Waals surface area contributed by atoms with Crippen LogP contribution < -0.4 is 20.3 Å². The molecule has 2 amide bonds. The van der Waals surface area contributed by atoms with E-state index in [1.54, 1.807) is 12.1 Å². The van der Waals surface area contributed by atoms with E-state index >= 15 is 0 Å². The minimum absolute atomic E-state index is 0.177. The maximum Gasteiger partial charge on any atom is 0.320 e. The zero-order valence-corrected chi connectivity index (χ0v) is 15.4. The maximum atomic E-state index is 12.5. The first-order valence-electron chi connectivity index (χ1n) is 8.99. The molecule has 1 saturated heterocycles. The Morgan fingerprint density at radius 1 is 1.26 bits per heavy atom. The molecule has 1 aromatic heterocycles. The van der Waals surface area contributed by atoms with Crippen molar-refractivity contribution in [2.75, 3.05) is 29.9 Å². The van der Waals surface area contributed by atoms with Crippen molar-refractivity contribution in [2.45, 2.75) is 25.0 Å². The number of nitrogens with one attached hydrogen (secondary N) is 2. The van der Waals surface area contributed by atoms with Crippen LogP contribution in [0, 0.1) is 0 Å². The Bertz CT molecular complexity index is 847. The lowest BCUT2D eigenvalue weighted by atomic mass is 10.0. The molecule has 2 aliphatic heterocycles. The molecule has 1 fully saturated rings. The molecule has 2 aromatic rings. The topological polar surface area (TPSA) is 86.7 Å². The summed E-state index contributed by atoms with van der Waals surface area (Å²) in [5, 5.41) is 16.0. The summed E-state index contributed by atoms with van der Waals surface area (Å²) in [4.78, 5) is 19.0. The molecule has 1 aromatic carbocycles. The summed E-state index contributed by atoms with van der Waals surface area (Å²) >= 11 is 6.18. The molecular formula is C19H21ClN4O3. The van der Waals surface area contributed by atoms with Gasteiger partial charge in [-0.2, -0.15) is 0 Å². The van der Waals surface area contributed by atoms with Gasteiger partial charge in [0.15, 0.2) is 0 Å². The highest BCUT2D eigenvalue weighted by Gasteiger charge is 2.25. The second-order valence-corrected chi connectivity index (χ2v) is 7.12. The Hall–Kier alpha value is -2.51. The van der Waals surface area contributed by atoms with Gasteiger partial charge < -0.3 is 20.1 Å². The van der Waals surface area contributed by atoms with Crippen LogP contribution in [0.4, 0.5) is 16.4 Å². The van der Waals surface area contributed by atoms with Gasteiger partial charge in [-0.05, 0) is 24.6 Å². The Labute approximate surface area is 162 Å². The van der Waals surface area contributed by atoms with Crippen LogP contribution >= 0.6 is 11.6 Å². The predicted molar refractivity (Wildman–Crippen MR) is 104 cm³/mol. The van der Waals surface area contributed by atoms with Crippen molar-refractivity contribution in [2.24, 2.45) is 0 Å².